The van der Waals surface area contributed by atoms with Crippen molar-refractivity contribution in [1.82, 2.24) is 15.1 Å². The van der Waals surface area contributed by atoms with Crippen LogP contribution in [0, 0.1) is 6.92 Å². The van der Waals surface area contributed by atoms with Gasteiger partial charge in [0, 0.05) is 31.7 Å². The third kappa shape index (κ3) is 4.80. The lowest BCUT2D eigenvalue weighted by molar-refractivity contribution is 0.101. The van der Waals surface area contributed by atoms with E-state index in [1.165, 1.54) is 43.6 Å². The molecule has 2 atom stereocenters. The monoisotopic (exact) mass is 289 g/mol. The molecule has 3 heteroatoms. The first-order valence-corrected chi connectivity index (χ1v) is 8.29. The van der Waals surface area contributed by atoms with E-state index in [0.717, 1.165) is 6.54 Å². The summed E-state index contributed by atoms with van der Waals surface area (Å²) in [5.41, 5.74) is 2.79. The Kier molecular flexibility index (Phi) is 6.22. The number of hydrogen-bond donors (Lipinski definition) is 1. The molecule has 0 radical (unpaired) electrons. The zero-order chi connectivity index (χ0) is 15.2. The van der Waals surface area contributed by atoms with Crippen molar-refractivity contribution in [3.63, 3.8) is 0 Å². The fourth-order valence-electron chi connectivity index (χ4n) is 3.17. The highest BCUT2D eigenvalue weighted by Crippen LogP contribution is 2.23. The molecular weight excluding hydrogens is 258 g/mol. The van der Waals surface area contributed by atoms with Crippen LogP contribution in [0.2, 0.25) is 0 Å². The number of nitrogens with zero attached hydrogens (tertiary/aromatic N) is 2. The third-order valence-corrected chi connectivity index (χ3v) is 4.57. The normalized spacial score (nSPS) is 22.4. The smallest absolute Gasteiger partial charge is 0.0335 e. The lowest BCUT2D eigenvalue weighted by atomic mass is 9.96. The van der Waals surface area contributed by atoms with Crippen LogP contribution in [0.15, 0.2) is 24.3 Å². The number of rotatable bonds is 6. The molecule has 2 rings (SSSR count). The number of piperazine rings is 1. The standard InChI is InChI=1S/C18H31N3/c1-5-9-19-18(16-8-6-7-15(2)12-16)13-17-14-20(3)10-11-21(17)4/h6-8,12,17-19H,5,9-11,13-14H2,1-4H3. The first-order chi connectivity index (χ1) is 10.1. The molecule has 21 heavy (non-hydrogen) atoms. The molecule has 1 fully saturated rings. The van der Waals surface area contributed by atoms with Crippen molar-refractivity contribution in [2.75, 3.05) is 40.3 Å². The third-order valence-electron chi connectivity index (χ3n) is 4.57. The zero-order valence-corrected chi connectivity index (χ0v) is 14.1. The maximum atomic E-state index is 3.75. The van der Waals surface area contributed by atoms with Gasteiger partial charge in [-0.05, 0) is 46.0 Å². The predicted octanol–water partition coefficient (Wildman–Crippen LogP) is 2.67. The van der Waals surface area contributed by atoms with Crippen molar-refractivity contribution in [3.05, 3.63) is 35.4 Å². The van der Waals surface area contributed by atoms with Crippen molar-refractivity contribution in [2.24, 2.45) is 0 Å². The van der Waals surface area contributed by atoms with Gasteiger partial charge in [0.05, 0.1) is 0 Å². The molecule has 3 nitrogen and oxygen atoms in total. The Morgan fingerprint density at radius 3 is 2.81 bits per heavy atom. The Bertz CT molecular complexity index is 432. The van der Waals surface area contributed by atoms with Gasteiger partial charge in [-0.3, -0.25) is 0 Å². The van der Waals surface area contributed by atoms with Crippen LogP contribution in [0.4, 0.5) is 0 Å². The van der Waals surface area contributed by atoms with E-state index in [4.69, 9.17) is 0 Å². The summed E-state index contributed by atoms with van der Waals surface area (Å²) in [6.45, 7) is 9.04. The number of benzene rings is 1. The predicted molar refractivity (Wildman–Crippen MR) is 90.7 cm³/mol. The molecule has 0 aromatic heterocycles. The minimum Gasteiger partial charge on any atom is -0.310 e. The topological polar surface area (TPSA) is 18.5 Å². The second kappa shape index (κ2) is 7.92. The van der Waals surface area contributed by atoms with E-state index in [9.17, 15) is 0 Å². The van der Waals surface area contributed by atoms with Crippen LogP contribution in [0.3, 0.4) is 0 Å². The lowest BCUT2D eigenvalue weighted by Gasteiger charge is -2.39. The van der Waals surface area contributed by atoms with Crippen LogP contribution < -0.4 is 5.32 Å². The van der Waals surface area contributed by atoms with Gasteiger partial charge in [0.15, 0.2) is 0 Å². The number of likely N-dealkylation sites (N-methyl/N-ethyl adjacent to an activating group) is 2. The molecular formula is C18H31N3. The minimum atomic E-state index is 0.462. The summed E-state index contributed by atoms with van der Waals surface area (Å²) in [6.07, 6.45) is 2.37. The van der Waals surface area contributed by atoms with Crippen LogP contribution in [-0.4, -0.2) is 56.1 Å². The van der Waals surface area contributed by atoms with Crippen LogP contribution in [0.1, 0.15) is 36.9 Å². The average molecular weight is 289 g/mol. The fraction of sp³-hybridized carbons (Fsp3) is 0.667. The summed E-state index contributed by atoms with van der Waals surface area (Å²) in [6, 6.07) is 10.1. The molecule has 0 saturated carbocycles. The first-order valence-electron chi connectivity index (χ1n) is 8.29. The van der Waals surface area contributed by atoms with Crippen LogP contribution in [0.25, 0.3) is 0 Å². The minimum absolute atomic E-state index is 0.462. The molecule has 1 saturated heterocycles. The summed E-state index contributed by atoms with van der Waals surface area (Å²) in [4.78, 5) is 4.98. The Hall–Kier alpha value is -0.900. The van der Waals surface area contributed by atoms with Crippen molar-refractivity contribution < 1.29 is 0 Å². The number of aryl methyl sites for hydroxylation is 1. The van der Waals surface area contributed by atoms with Gasteiger partial charge in [0.1, 0.15) is 0 Å². The van der Waals surface area contributed by atoms with Gasteiger partial charge in [-0.2, -0.15) is 0 Å². The zero-order valence-electron chi connectivity index (χ0n) is 14.1. The van der Waals surface area contributed by atoms with Gasteiger partial charge in [-0.1, -0.05) is 36.8 Å². The molecule has 1 aliphatic heterocycles. The quantitative estimate of drug-likeness (QED) is 0.868. The van der Waals surface area contributed by atoms with Crippen molar-refractivity contribution >= 4 is 0 Å². The second-order valence-corrected chi connectivity index (χ2v) is 6.55. The summed E-state index contributed by atoms with van der Waals surface area (Å²) in [5.74, 6) is 0. The van der Waals surface area contributed by atoms with E-state index in [2.05, 4.69) is 67.3 Å². The summed E-state index contributed by atoms with van der Waals surface area (Å²) >= 11 is 0. The molecule has 1 aromatic carbocycles. The molecule has 1 heterocycles. The van der Waals surface area contributed by atoms with E-state index < -0.39 is 0 Å². The average Bonchev–Trinajstić information content (AvgIpc) is 2.47. The summed E-state index contributed by atoms with van der Waals surface area (Å²) in [7, 11) is 4.51. The van der Waals surface area contributed by atoms with Crippen molar-refractivity contribution in [1.29, 1.82) is 0 Å². The summed E-state index contributed by atoms with van der Waals surface area (Å²) in [5, 5.41) is 3.75. The molecule has 0 spiro atoms. The SMILES string of the molecule is CCCNC(CC1CN(C)CCN1C)c1cccc(C)c1. The van der Waals surface area contributed by atoms with E-state index in [-0.39, 0.29) is 0 Å². The highest BCUT2D eigenvalue weighted by atomic mass is 15.3. The fourth-order valence-corrected chi connectivity index (χ4v) is 3.17. The maximum Gasteiger partial charge on any atom is 0.0335 e. The second-order valence-electron chi connectivity index (χ2n) is 6.55. The van der Waals surface area contributed by atoms with E-state index in [0.29, 0.717) is 12.1 Å². The molecule has 1 aliphatic rings. The van der Waals surface area contributed by atoms with Crippen molar-refractivity contribution in [3.8, 4) is 0 Å². The van der Waals surface area contributed by atoms with Gasteiger partial charge in [-0.15, -0.1) is 0 Å². The van der Waals surface area contributed by atoms with Gasteiger partial charge >= 0.3 is 0 Å². The molecule has 0 aliphatic carbocycles. The molecule has 1 N–H and O–H groups in total. The highest BCUT2D eigenvalue weighted by molar-refractivity contribution is 5.25. The van der Waals surface area contributed by atoms with E-state index in [1.807, 2.05) is 0 Å². The van der Waals surface area contributed by atoms with E-state index >= 15 is 0 Å². The number of hydrogen-bond acceptors (Lipinski definition) is 3. The van der Waals surface area contributed by atoms with Gasteiger partial charge in [-0.25, -0.2) is 0 Å². The van der Waals surface area contributed by atoms with Crippen LogP contribution >= 0.6 is 0 Å². The first kappa shape index (κ1) is 16.5. The molecule has 1 aromatic rings. The van der Waals surface area contributed by atoms with Crippen molar-refractivity contribution in [2.45, 2.75) is 38.8 Å². The Morgan fingerprint density at radius 1 is 1.29 bits per heavy atom. The van der Waals surface area contributed by atoms with Crippen LogP contribution in [-0.2, 0) is 0 Å². The highest BCUT2D eigenvalue weighted by Gasteiger charge is 2.25. The van der Waals surface area contributed by atoms with Gasteiger partial charge in [0.2, 0.25) is 0 Å². The Labute approximate surface area is 130 Å². The largest absolute Gasteiger partial charge is 0.310 e. The van der Waals surface area contributed by atoms with Crippen LogP contribution in [0.5, 0.6) is 0 Å². The Morgan fingerprint density at radius 2 is 2.10 bits per heavy atom. The van der Waals surface area contributed by atoms with Gasteiger partial charge in [0.25, 0.3) is 0 Å². The summed E-state index contributed by atoms with van der Waals surface area (Å²) < 4.78 is 0. The molecule has 0 amide bonds. The maximum absolute atomic E-state index is 3.75. The molecule has 0 bridgehead atoms. The molecule has 118 valence electrons. The number of nitrogens with one attached hydrogen (secondary N) is 1. The van der Waals surface area contributed by atoms with E-state index in [1.54, 1.807) is 0 Å². The lowest BCUT2D eigenvalue weighted by Crippen LogP contribution is -2.51. The molecule has 2 unspecified atom stereocenters. The van der Waals surface area contributed by atoms with Gasteiger partial charge < -0.3 is 15.1 Å². The Balaban J connectivity index is 2.08.